The average Bonchev–Trinajstić information content (AvgIpc) is 2.72. The van der Waals surface area contributed by atoms with E-state index < -0.39 is 0 Å². The van der Waals surface area contributed by atoms with Gasteiger partial charge >= 0.3 is 0 Å². The Morgan fingerprint density at radius 3 is 2.64 bits per heavy atom. The lowest BCUT2D eigenvalue weighted by atomic mass is 10.2. The minimum Gasteiger partial charge on any atom is -0.494 e. The Bertz CT molecular complexity index is 857. The van der Waals surface area contributed by atoms with Crippen LogP contribution in [0.15, 0.2) is 35.1 Å². The molecule has 2 aromatic rings. The molecule has 1 aliphatic rings. The third kappa shape index (κ3) is 4.96. The second-order valence-corrected chi connectivity index (χ2v) is 6.71. The molecule has 1 aromatic heterocycles. The Morgan fingerprint density at radius 1 is 1.25 bits per heavy atom. The van der Waals surface area contributed by atoms with Crippen molar-refractivity contribution in [1.82, 2.24) is 20.0 Å². The molecule has 1 N–H and O–H groups in total. The number of morpholine rings is 1. The Labute approximate surface area is 164 Å². The second-order valence-electron chi connectivity index (χ2n) is 6.71. The fourth-order valence-corrected chi connectivity index (χ4v) is 3.04. The highest BCUT2D eigenvalue weighted by Crippen LogP contribution is 2.14. The maximum absolute atomic E-state index is 12.6. The number of methoxy groups -OCH3 is 1. The first kappa shape index (κ1) is 20.0. The van der Waals surface area contributed by atoms with Gasteiger partial charge < -0.3 is 14.8 Å². The van der Waals surface area contributed by atoms with E-state index in [4.69, 9.17) is 9.47 Å². The molecule has 0 unspecified atom stereocenters. The van der Waals surface area contributed by atoms with Crippen molar-refractivity contribution in [3.05, 3.63) is 51.9 Å². The zero-order chi connectivity index (χ0) is 19.9. The third-order valence-electron chi connectivity index (χ3n) is 4.65. The van der Waals surface area contributed by atoms with E-state index in [9.17, 15) is 9.59 Å². The molecule has 1 amide bonds. The minimum atomic E-state index is -0.361. The summed E-state index contributed by atoms with van der Waals surface area (Å²) in [6.07, 6.45) is 0.825. The first-order valence-electron chi connectivity index (χ1n) is 9.42. The van der Waals surface area contributed by atoms with E-state index in [2.05, 4.69) is 15.3 Å². The van der Waals surface area contributed by atoms with Gasteiger partial charge in [0.25, 0.3) is 11.5 Å². The molecule has 1 fully saturated rings. The van der Waals surface area contributed by atoms with Crippen LogP contribution in [-0.2, 0) is 4.74 Å². The van der Waals surface area contributed by atoms with Crippen LogP contribution in [0.5, 0.6) is 5.75 Å². The number of carbonyl (C=O) groups is 1. The van der Waals surface area contributed by atoms with Crippen LogP contribution in [0, 0.1) is 6.92 Å². The van der Waals surface area contributed by atoms with Gasteiger partial charge in [0.2, 0.25) is 0 Å². The lowest BCUT2D eigenvalue weighted by Crippen LogP contribution is -2.38. The molecule has 8 heteroatoms. The number of hydrogen-bond acceptors (Lipinski definition) is 6. The van der Waals surface area contributed by atoms with Crippen LogP contribution in [0.25, 0.3) is 5.69 Å². The van der Waals surface area contributed by atoms with Crippen molar-refractivity contribution in [3.8, 4) is 11.4 Å². The van der Waals surface area contributed by atoms with Crippen molar-refractivity contribution < 1.29 is 14.3 Å². The van der Waals surface area contributed by atoms with Gasteiger partial charge in [0, 0.05) is 19.6 Å². The van der Waals surface area contributed by atoms with E-state index in [1.807, 2.05) is 19.1 Å². The summed E-state index contributed by atoms with van der Waals surface area (Å²) < 4.78 is 11.7. The number of aromatic nitrogens is 2. The van der Waals surface area contributed by atoms with E-state index in [1.165, 1.54) is 17.9 Å². The minimum absolute atomic E-state index is 0.0917. The number of rotatable bonds is 7. The van der Waals surface area contributed by atoms with Crippen molar-refractivity contribution in [3.63, 3.8) is 0 Å². The van der Waals surface area contributed by atoms with Gasteiger partial charge in [-0.3, -0.25) is 14.5 Å². The van der Waals surface area contributed by atoms with Crippen LogP contribution in [0.3, 0.4) is 0 Å². The highest BCUT2D eigenvalue weighted by atomic mass is 16.5. The van der Waals surface area contributed by atoms with Crippen molar-refractivity contribution in [2.75, 3.05) is 46.5 Å². The molecule has 1 aliphatic heterocycles. The number of benzene rings is 1. The zero-order valence-electron chi connectivity index (χ0n) is 16.3. The van der Waals surface area contributed by atoms with Crippen LogP contribution in [0.1, 0.15) is 22.5 Å². The molecule has 150 valence electrons. The topological polar surface area (TPSA) is 85.7 Å². The first-order valence-corrected chi connectivity index (χ1v) is 9.42. The molecule has 1 saturated heterocycles. The fourth-order valence-electron chi connectivity index (χ4n) is 3.04. The van der Waals surface area contributed by atoms with Crippen LogP contribution in [0.4, 0.5) is 0 Å². The highest BCUT2D eigenvalue weighted by molar-refractivity contribution is 5.94. The van der Waals surface area contributed by atoms with Gasteiger partial charge in [-0.15, -0.1) is 0 Å². The largest absolute Gasteiger partial charge is 0.494 e. The van der Waals surface area contributed by atoms with Crippen molar-refractivity contribution >= 4 is 5.91 Å². The van der Waals surface area contributed by atoms with Crippen molar-refractivity contribution in [1.29, 1.82) is 0 Å². The standard InChI is InChI=1S/C20H26N4O4/c1-15-4-6-16(7-5-15)24-18(25)14-17(27-2)19(22-24)20(26)21-8-3-9-23-10-12-28-13-11-23/h4-7,14H,3,8-13H2,1-2H3,(H,21,26). The summed E-state index contributed by atoms with van der Waals surface area (Å²) in [6.45, 7) is 6.74. The monoisotopic (exact) mass is 386 g/mol. The number of ether oxygens (including phenoxy) is 2. The number of nitrogens with one attached hydrogen (secondary N) is 1. The van der Waals surface area contributed by atoms with Crippen LogP contribution in [-0.4, -0.2) is 67.1 Å². The predicted octanol–water partition coefficient (Wildman–Crippen LogP) is 1.00. The molecule has 8 nitrogen and oxygen atoms in total. The third-order valence-corrected chi connectivity index (χ3v) is 4.65. The zero-order valence-corrected chi connectivity index (χ0v) is 16.3. The Balaban J connectivity index is 1.68. The summed E-state index contributed by atoms with van der Waals surface area (Å²) in [5, 5.41) is 7.12. The Morgan fingerprint density at radius 2 is 1.96 bits per heavy atom. The van der Waals surface area contributed by atoms with Crippen LogP contribution >= 0.6 is 0 Å². The molecular formula is C20H26N4O4. The molecule has 0 bridgehead atoms. The predicted molar refractivity (Wildman–Crippen MR) is 105 cm³/mol. The van der Waals surface area contributed by atoms with Gasteiger partial charge in [-0.25, -0.2) is 0 Å². The molecule has 0 saturated carbocycles. The lowest BCUT2D eigenvalue weighted by molar-refractivity contribution is 0.0374. The molecule has 0 radical (unpaired) electrons. The SMILES string of the molecule is COc1cc(=O)n(-c2ccc(C)cc2)nc1C(=O)NCCCN1CCOCC1. The molecule has 0 spiro atoms. The lowest BCUT2D eigenvalue weighted by Gasteiger charge is -2.26. The van der Waals surface area contributed by atoms with E-state index in [0.29, 0.717) is 12.2 Å². The number of carbonyl (C=O) groups excluding carboxylic acids is 1. The van der Waals surface area contributed by atoms with Gasteiger partial charge in [0.1, 0.15) is 0 Å². The van der Waals surface area contributed by atoms with Crippen molar-refractivity contribution in [2.24, 2.45) is 0 Å². The van der Waals surface area contributed by atoms with E-state index in [1.54, 1.807) is 12.1 Å². The molecule has 1 aromatic carbocycles. The van der Waals surface area contributed by atoms with Gasteiger partial charge in [0.15, 0.2) is 11.4 Å². The fraction of sp³-hybridized carbons (Fsp3) is 0.450. The molecular weight excluding hydrogens is 360 g/mol. The number of amides is 1. The summed E-state index contributed by atoms with van der Waals surface area (Å²) in [6, 6.07) is 8.65. The Kier molecular flexibility index (Phi) is 6.78. The maximum Gasteiger partial charge on any atom is 0.275 e. The highest BCUT2D eigenvalue weighted by Gasteiger charge is 2.18. The normalized spacial score (nSPS) is 14.6. The number of nitrogens with zero attached hydrogens (tertiary/aromatic N) is 3. The van der Waals surface area contributed by atoms with Crippen molar-refractivity contribution in [2.45, 2.75) is 13.3 Å². The smallest absolute Gasteiger partial charge is 0.275 e. The van der Waals surface area contributed by atoms with E-state index >= 15 is 0 Å². The van der Waals surface area contributed by atoms with E-state index in [0.717, 1.165) is 44.8 Å². The molecule has 0 aliphatic carbocycles. The molecule has 0 atom stereocenters. The van der Waals surface area contributed by atoms with Gasteiger partial charge in [0.05, 0.1) is 32.1 Å². The molecule has 2 heterocycles. The molecule has 28 heavy (non-hydrogen) atoms. The number of aryl methyl sites for hydroxylation is 1. The quantitative estimate of drug-likeness (QED) is 0.715. The average molecular weight is 386 g/mol. The summed E-state index contributed by atoms with van der Waals surface area (Å²) in [5.41, 5.74) is 1.40. The Hall–Kier alpha value is -2.71. The van der Waals surface area contributed by atoms with E-state index in [-0.39, 0.29) is 22.9 Å². The maximum atomic E-state index is 12.6. The summed E-state index contributed by atoms with van der Waals surface area (Å²) in [4.78, 5) is 27.3. The van der Waals surface area contributed by atoms with Gasteiger partial charge in [-0.2, -0.15) is 9.78 Å². The molecule has 3 rings (SSSR count). The van der Waals surface area contributed by atoms with Crippen LogP contribution in [0.2, 0.25) is 0 Å². The van der Waals surface area contributed by atoms with Gasteiger partial charge in [-0.1, -0.05) is 17.7 Å². The summed E-state index contributed by atoms with van der Waals surface area (Å²) in [5.74, 6) is -0.196. The second kappa shape index (κ2) is 9.48. The summed E-state index contributed by atoms with van der Waals surface area (Å²) in [7, 11) is 1.42. The van der Waals surface area contributed by atoms with Crippen LogP contribution < -0.4 is 15.6 Å². The summed E-state index contributed by atoms with van der Waals surface area (Å²) >= 11 is 0. The number of hydrogen-bond donors (Lipinski definition) is 1. The van der Waals surface area contributed by atoms with Gasteiger partial charge in [-0.05, 0) is 32.0 Å². The first-order chi connectivity index (χ1) is 13.6.